The fourth-order valence-electron chi connectivity index (χ4n) is 3.71. The molecule has 0 spiro atoms. The summed E-state index contributed by atoms with van der Waals surface area (Å²) in [7, 11) is 0. The molecule has 1 fully saturated rings. The van der Waals surface area contributed by atoms with Gasteiger partial charge in [-0.3, -0.25) is 4.90 Å². The lowest BCUT2D eigenvalue weighted by atomic mass is 10.1. The number of carboxylic acid groups (broad SMARTS) is 1. The first-order valence-electron chi connectivity index (χ1n) is 9.50. The van der Waals surface area contributed by atoms with Gasteiger partial charge in [0, 0.05) is 12.2 Å². The molecule has 1 aliphatic rings. The lowest BCUT2D eigenvalue weighted by Gasteiger charge is -2.18. The predicted molar refractivity (Wildman–Crippen MR) is 111 cm³/mol. The number of aromatic nitrogens is 2. The molecule has 2 heterocycles. The summed E-state index contributed by atoms with van der Waals surface area (Å²) in [5.74, 6) is 0.450. The second kappa shape index (κ2) is 8.23. The summed E-state index contributed by atoms with van der Waals surface area (Å²) in [6.07, 6.45) is -5.60. The zero-order valence-corrected chi connectivity index (χ0v) is 17.0. The van der Waals surface area contributed by atoms with Gasteiger partial charge in [0.1, 0.15) is 5.82 Å². The molecule has 0 aliphatic carbocycles. The van der Waals surface area contributed by atoms with E-state index < -0.39 is 41.0 Å². The van der Waals surface area contributed by atoms with Crippen LogP contribution in [-0.2, 0) is 6.18 Å². The van der Waals surface area contributed by atoms with Crippen LogP contribution in [0.4, 0.5) is 28.4 Å². The third kappa shape index (κ3) is 4.42. The molecule has 32 heavy (non-hydrogen) atoms. The summed E-state index contributed by atoms with van der Waals surface area (Å²) in [5, 5.41) is 14.0. The fraction of sp³-hybridized carbons (Fsp3) is 0.250. The number of hydrogen-bond donors (Lipinski definition) is 4. The maximum absolute atomic E-state index is 13.0. The van der Waals surface area contributed by atoms with Crippen LogP contribution in [0, 0.1) is 0 Å². The normalized spacial score (nSPS) is 18.7. The molecule has 12 heteroatoms. The Morgan fingerprint density at radius 1 is 1.22 bits per heavy atom. The monoisotopic (exact) mass is 467 g/mol. The number of aromatic amines is 1. The van der Waals surface area contributed by atoms with Crippen LogP contribution < -0.4 is 10.6 Å². The average Bonchev–Trinajstić information content (AvgIpc) is 3.32. The number of halogens is 4. The van der Waals surface area contributed by atoms with Crippen molar-refractivity contribution in [2.24, 2.45) is 0 Å². The zero-order valence-electron chi connectivity index (χ0n) is 16.3. The van der Waals surface area contributed by atoms with E-state index in [0.29, 0.717) is 11.3 Å². The Bertz CT molecular complexity index is 1150. The molecule has 0 saturated carbocycles. The summed E-state index contributed by atoms with van der Waals surface area (Å²) in [6.45, 7) is -0.00111. The minimum atomic E-state index is -4.67. The molecule has 4 rings (SSSR count). The molecule has 8 nitrogen and oxygen atoms in total. The number of fused-ring (bicyclic) bond motifs is 1. The number of likely N-dealkylation sites (tertiary alicyclic amines) is 1. The van der Waals surface area contributed by atoms with E-state index in [4.69, 9.17) is 11.6 Å². The van der Waals surface area contributed by atoms with E-state index in [9.17, 15) is 27.9 Å². The van der Waals surface area contributed by atoms with Crippen molar-refractivity contribution in [2.45, 2.75) is 24.7 Å². The topological polar surface area (TPSA) is 110 Å². The van der Waals surface area contributed by atoms with Gasteiger partial charge in [-0.2, -0.15) is 13.2 Å². The van der Waals surface area contributed by atoms with Crippen LogP contribution in [0.3, 0.4) is 0 Å². The molecule has 1 saturated heterocycles. The van der Waals surface area contributed by atoms with Crippen molar-refractivity contribution < 1.29 is 27.9 Å². The first kappa shape index (κ1) is 21.8. The predicted octanol–water partition coefficient (Wildman–Crippen LogP) is 4.85. The second-order valence-corrected chi connectivity index (χ2v) is 7.72. The SMILES string of the molecule is O=C(Nc1ccc(Cl)c(C(F)(F)F)c1)N[C@H]1C[C@@H](c2nc3ccccc3[nH]2)N(C(=O)O)C1. The van der Waals surface area contributed by atoms with E-state index in [1.165, 1.54) is 6.07 Å². The van der Waals surface area contributed by atoms with E-state index in [0.717, 1.165) is 22.5 Å². The molecule has 168 valence electrons. The van der Waals surface area contributed by atoms with E-state index >= 15 is 0 Å². The Labute approximate surface area is 184 Å². The minimum absolute atomic E-state index is 0.00111. The molecule has 4 N–H and O–H groups in total. The van der Waals surface area contributed by atoms with Crippen LogP contribution in [0.2, 0.25) is 5.02 Å². The van der Waals surface area contributed by atoms with Crippen molar-refractivity contribution in [3.8, 4) is 0 Å². The maximum Gasteiger partial charge on any atom is 0.417 e. The van der Waals surface area contributed by atoms with Crippen molar-refractivity contribution in [1.82, 2.24) is 20.2 Å². The van der Waals surface area contributed by atoms with Gasteiger partial charge < -0.3 is 20.7 Å². The molecule has 3 aromatic rings. The van der Waals surface area contributed by atoms with Gasteiger partial charge in [-0.25, -0.2) is 14.6 Å². The summed E-state index contributed by atoms with van der Waals surface area (Å²) >= 11 is 5.59. The van der Waals surface area contributed by atoms with Crippen molar-refractivity contribution in [3.05, 3.63) is 58.9 Å². The minimum Gasteiger partial charge on any atom is -0.465 e. The first-order valence-corrected chi connectivity index (χ1v) is 9.88. The summed E-state index contributed by atoms with van der Waals surface area (Å²) in [4.78, 5) is 32.8. The Morgan fingerprint density at radius 2 is 1.97 bits per heavy atom. The molecule has 2 atom stereocenters. The Kier molecular flexibility index (Phi) is 5.59. The maximum atomic E-state index is 13.0. The standard InChI is InChI=1S/C20H17ClF3N5O3/c21-13-6-5-10(7-12(13)20(22,23)24)25-18(30)26-11-8-16(29(9-11)19(31)32)17-27-14-3-1-2-4-15(14)28-17/h1-7,11,16H,8-9H2,(H,27,28)(H,31,32)(H2,25,26,30)/t11-,16-/m0/s1. The zero-order chi connectivity index (χ0) is 23.0. The Balaban J connectivity index is 1.46. The quantitative estimate of drug-likeness (QED) is 0.441. The number of rotatable bonds is 3. The van der Waals surface area contributed by atoms with Gasteiger partial charge in [-0.1, -0.05) is 23.7 Å². The number of carbonyl (C=O) groups is 2. The number of anilines is 1. The van der Waals surface area contributed by atoms with Gasteiger partial charge in [0.2, 0.25) is 0 Å². The fourth-order valence-corrected chi connectivity index (χ4v) is 3.94. The Morgan fingerprint density at radius 3 is 2.66 bits per heavy atom. The van der Waals surface area contributed by atoms with Crippen LogP contribution in [0.1, 0.15) is 23.9 Å². The van der Waals surface area contributed by atoms with Crippen LogP contribution in [0.25, 0.3) is 11.0 Å². The number of amides is 3. The van der Waals surface area contributed by atoms with Gasteiger partial charge in [-0.15, -0.1) is 0 Å². The van der Waals surface area contributed by atoms with Crippen molar-refractivity contribution in [3.63, 3.8) is 0 Å². The lowest BCUT2D eigenvalue weighted by molar-refractivity contribution is -0.137. The van der Waals surface area contributed by atoms with Gasteiger partial charge in [0.15, 0.2) is 0 Å². The third-order valence-corrected chi connectivity index (χ3v) is 5.46. The highest BCUT2D eigenvalue weighted by Crippen LogP contribution is 2.36. The van der Waals surface area contributed by atoms with Crippen molar-refractivity contribution in [2.75, 3.05) is 11.9 Å². The highest BCUT2D eigenvalue weighted by Gasteiger charge is 2.39. The highest BCUT2D eigenvalue weighted by atomic mass is 35.5. The smallest absolute Gasteiger partial charge is 0.417 e. The molecule has 0 radical (unpaired) electrons. The number of imidazole rings is 1. The number of H-pyrrole nitrogens is 1. The number of nitrogens with one attached hydrogen (secondary N) is 3. The van der Waals surface area contributed by atoms with Crippen LogP contribution in [0.5, 0.6) is 0 Å². The largest absolute Gasteiger partial charge is 0.465 e. The molecule has 0 bridgehead atoms. The molecule has 0 unspecified atom stereocenters. The lowest BCUT2D eigenvalue weighted by Crippen LogP contribution is -2.40. The van der Waals surface area contributed by atoms with Crippen LogP contribution in [0.15, 0.2) is 42.5 Å². The van der Waals surface area contributed by atoms with Gasteiger partial charge in [-0.05, 0) is 36.8 Å². The molecule has 1 aliphatic heterocycles. The second-order valence-electron chi connectivity index (χ2n) is 7.31. The first-order chi connectivity index (χ1) is 15.1. The summed E-state index contributed by atoms with van der Waals surface area (Å²) < 4.78 is 39.0. The number of para-hydroxylation sites is 2. The summed E-state index contributed by atoms with van der Waals surface area (Å²) in [5.41, 5.74) is 0.274. The molecule has 2 aromatic carbocycles. The Hall–Kier alpha value is -3.47. The van der Waals surface area contributed by atoms with E-state index in [-0.39, 0.29) is 18.7 Å². The molecule has 3 amide bonds. The highest BCUT2D eigenvalue weighted by molar-refractivity contribution is 6.31. The molecular formula is C20H17ClF3N5O3. The van der Waals surface area contributed by atoms with Crippen molar-refractivity contribution >= 4 is 40.4 Å². The van der Waals surface area contributed by atoms with Crippen LogP contribution >= 0.6 is 11.6 Å². The van der Waals surface area contributed by atoms with E-state index in [1.807, 2.05) is 18.2 Å². The summed E-state index contributed by atoms with van der Waals surface area (Å²) in [6, 6.07) is 8.31. The molecule has 1 aromatic heterocycles. The van der Waals surface area contributed by atoms with Gasteiger partial charge in [0.05, 0.1) is 33.7 Å². The van der Waals surface area contributed by atoms with Crippen LogP contribution in [-0.4, -0.2) is 44.7 Å². The third-order valence-electron chi connectivity index (χ3n) is 5.13. The van der Waals surface area contributed by atoms with Gasteiger partial charge in [0.25, 0.3) is 0 Å². The number of nitrogens with zero attached hydrogens (tertiary/aromatic N) is 2. The van der Waals surface area contributed by atoms with Gasteiger partial charge >= 0.3 is 18.3 Å². The number of carbonyl (C=O) groups excluding carboxylic acids is 1. The average molecular weight is 468 g/mol. The van der Waals surface area contributed by atoms with E-state index in [1.54, 1.807) is 6.07 Å². The number of alkyl halides is 3. The number of urea groups is 1. The number of hydrogen-bond acceptors (Lipinski definition) is 3. The van der Waals surface area contributed by atoms with Crippen molar-refractivity contribution in [1.29, 1.82) is 0 Å². The van der Waals surface area contributed by atoms with E-state index in [2.05, 4.69) is 20.6 Å². The number of benzene rings is 2. The molecular weight excluding hydrogens is 451 g/mol.